The van der Waals surface area contributed by atoms with Crippen molar-refractivity contribution in [3.63, 3.8) is 0 Å². The van der Waals surface area contributed by atoms with E-state index in [1.807, 2.05) is 19.1 Å². The average Bonchev–Trinajstić information content (AvgIpc) is 2.80. The molecule has 1 heterocycles. The maximum atomic E-state index is 12.4. The topological polar surface area (TPSA) is 81.1 Å². The summed E-state index contributed by atoms with van der Waals surface area (Å²) in [6.45, 7) is 1.99. The smallest absolute Gasteiger partial charge is 0.326 e. The number of hydrogen-bond donors (Lipinski definition) is 2. The third-order valence-corrected chi connectivity index (χ3v) is 3.52. The van der Waals surface area contributed by atoms with Gasteiger partial charge in [0.2, 0.25) is 0 Å². The number of hydrogen-bond acceptors (Lipinski definition) is 3. The summed E-state index contributed by atoms with van der Waals surface area (Å²) in [5.41, 5.74) is 1.76. The Kier molecular flexibility index (Phi) is 3.94. The molecule has 6 heteroatoms. The molecule has 0 saturated carbocycles. The van der Waals surface area contributed by atoms with Crippen LogP contribution in [0.4, 0.5) is 10.5 Å². The fourth-order valence-corrected chi connectivity index (χ4v) is 2.33. The van der Waals surface area contributed by atoms with Crippen molar-refractivity contribution in [3.8, 4) is 0 Å². The van der Waals surface area contributed by atoms with Crippen molar-refractivity contribution in [1.29, 1.82) is 0 Å². The van der Waals surface area contributed by atoms with Crippen molar-refractivity contribution in [2.75, 3.05) is 18.5 Å². The van der Waals surface area contributed by atoms with Crippen LogP contribution in [-0.4, -0.2) is 52.9 Å². The highest BCUT2D eigenvalue weighted by atomic mass is 16.4. The Hall–Kier alpha value is -2.08. The third-order valence-electron chi connectivity index (χ3n) is 3.52. The first-order valence-electron chi connectivity index (χ1n) is 6.42. The lowest BCUT2D eigenvalue weighted by Crippen LogP contribution is -2.47. The number of carboxylic acids is 1. The van der Waals surface area contributed by atoms with Gasteiger partial charge in [-0.1, -0.05) is 17.7 Å². The Morgan fingerprint density at radius 3 is 2.45 bits per heavy atom. The summed E-state index contributed by atoms with van der Waals surface area (Å²) in [4.78, 5) is 26.1. The zero-order valence-electron chi connectivity index (χ0n) is 11.5. The Balaban J connectivity index is 2.17. The Bertz CT molecular complexity index is 514. The van der Waals surface area contributed by atoms with E-state index >= 15 is 0 Å². The lowest BCUT2D eigenvalue weighted by Gasteiger charge is -2.27. The molecule has 1 aliphatic heterocycles. The number of benzene rings is 1. The number of nitrogens with zero attached hydrogens (tertiary/aromatic N) is 2. The zero-order valence-corrected chi connectivity index (χ0v) is 11.5. The van der Waals surface area contributed by atoms with E-state index in [0.717, 1.165) is 5.56 Å². The van der Waals surface area contributed by atoms with E-state index in [4.69, 9.17) is 5.11 Å². The van der Waals surface area contributed by atoms with Crippen LogP contribution in [0.25, 0.3) is 0 Å². The van der Waals surface area contributed by atoms with Crippen molar-refractivity contribution in [2.24, 2.45) is 0 Å². The summed E-state index contributed by atoms with van der Waals surface area (Å²) < 4.78 is 0. The Morgan fingerprint density at radius 1 is 1.30 bits per heavy atom. The number of β-amino-alcohol motifs (C(OH)–C–C–N with tert-alkyl or cyclic N) is 1. The lowest BCUT2D eigenvalue weighted by atomic mass is 10.2. The molecule has 6 nitrogen and oxygen atoms in total. The summed E-state index contributed by atoms with van der Waals surface area (Å²) in [6.07, 6.45) is -0.713. The van der Waals surface area contributed by atoms with Gasteiger partial charge in [-0.05, 0) is 19.1 Å². The van der Waals surface area contributed by atoms with E-state index in [0.29, 0.717) is 5.69 Å². The molecule has 2 atom stereocenters. The minimum Gasteiger partial charge on any atom is -0.480 e. The average molecular weight is 278 g/mol. The van der Waals surface area contributed by atoms with Crippen molar-refractivity contribution in [1.82, 2.24) is 4.90 Å². The predicted molar refractivity (Wildman–Crippen MR) is 73.7 cm³/mol. The van der Waals surface area contributed by atoms with Crippen LogP contribution in [0, 0.1) is 6.92 Å². The molecule has 0 bridgehead atoms. The van der Waals surface area contributed by atoms with Crippen LogP contribution in [0.3, 0.4) is 0 Å². The summed E-state index contributed by atoms with van der Waals surface area (Å²) in [5.74, 6) is -1.09. The van der Waals surface area contributed by atoms with Gasteiger partial charge in [0.25, 0.3) is 0 Å². The number of carboxylic acid groups (broad SMARTS) is 1. The number of aliphatic hydroxyl groups is 1. The number of aryl methyl sites for hydroxylation is 1. The number of aliphatic hydroxyl groups excluding tert-OH is 1. The van der Waals surface area contributed by atoms with Crippen LogP contribution in [0.1, 0.15) is 12.0 Å². The fraction of sp³-hybridized carbons (Fsp3) is 0.429. The van der Waals surface area contributed by atoms with Gasteiger partial charge in [-0.2, -0.15) is 0 Å². The number of aliphatic carboxylic acids is 1. The van der Waals surface area contributed by atoms with Crippen LogP contribution in [0.15, 0.2) is 24.3 Å². The molecule has 108 valence electrons. The van der Waals surface area contributed by atoms with Crippen molar-refractivity contribution in [2.45, 2.75) is 25.5 Å². The van der Waals surface area contributed by atoms with Gasteiger partial charge < -0.3 is 15.1 Å². The van der Waals surface area contributed by atoms with Gasteiger partial charge >= 0.3 is 12.0 Å². The van der Waals surface area contributed by atoms with Crippen LogP contribution >= 0.6 is 0 Å². The van der Waals surface area contributed by atoms with E-state index in [-0.39, 0.29) is 13.0 Å². The number of likely N-dealkylation sites (tertiary alicyclic amines) is 1. The summed E-state index contributed by atoms with van der Waals surface area (Å²) in [7, 11) is 1.59. The van der Waals surface area contributed by atoms with Crippen LogP contribution in [0.5, 0.6) is 0 Å². The summed E-state index contributed by atoms with van der Waals surface area (Å²) >= 11 is 0. The molecule has 2 N–H and O–H groups in total. The normalized spacial score (nSPS) is 21.9. The second-order valence-electron chi connectivity index (χ2n) is 5.07. The molecule has 1 fully saturated rings. The van der Waals surface area contributed by atoms with Gasteiger partial charge in [-0.3, -0.25) is 4.90 Å². The van der Waals surface area contributed by atoms with Crippen LogP contribution < -0.4 is 4.90 Å². The minimum absolute atomic E-state index is 0.0476. The molecule has 1 aromatic carbocycles. The van der Waals surface area contributed by atoms with Gasteiger partial charge in [-0.25, -0.2) is 9.59 Å². The first-order chi connectivity index (χ1) is 9.40. The highest BCUT2D eigenvalue weighted by molar-refractivity contribution is 5.94. The Morgan fingerprint density at radius 2 is 1.90 bits per heavy atom. The number of carbonyl (C=O) groups excluding carboxylic acids is 1. The molecule has 20 heavy (non-hydrogen) atoms. The van der Waals surface area contributed by atoms with Crippen LogP contribution in [-0.2, 0) is 4.79 Å². The number of urea groups is 1. The monoisotopic (exact) mass is 278 g/mol. The molecule has 0 radical (unpaired) electrons. The van der Waals surface area contributed by atoms with Gasteiger partial charge in [0.15, 0.2) is 0 Å². The molecule has 0 spiro atoms. The van der Waals surface area contributed by atoms with Gasteiger partial charge in [0.1, 0.15) is 6.04 Å². The lowest BCUT2D eigenvalue weighted by molar-refractivity contribution is -0.141. The first-order valence-corrected chi connectivity index (χ1v) is 6.42. The molecule has 1 aromatic rings. The zero-order chi connectivity index (χ0) is 14.9. The van der Waals surface area contributed by atoms with Gasteiger partial charge in [0, 0.05) is 25.7 Å². The molecule has 2 amide bonds. The first kappa shape index (κ1) is 14.3. The molecule has 2 rings (SSSR count). The maximum absolute atomic E-state index is 12.4. The molecule has 1 aliphatic rings. The Labute approximate surface area is 117 Å². The number of rotatable bonds is 2. The minimum atomic E-state index is -1.09. The van der Waals surface area contributed by atoms with Gasteiger partial charge in [-0.15, -0.1) is 0 Å². The molecular weight excluding hydrogens is 260 g/mol. The highest BCUT2D eigenvalue weighted by Crippen LogP contribution is 2.22. The quantitative estimate of drug-likeness (QED) is 0.848. The SMILES string of the molecule is Cc1ccc(N(C)C(=O)N2C[C@H](O)C[C@@H]2C(=O)O)cc1. The van der Waals surface area contributed by atoms with Crippen molar-refractivity contribution >= 4 is 17.7 Å². The van der Waals surface area contributed by atoms with Crippen molar-refractivity contribution in [3.05, 3.63) is 29.8 Å². The molecule has 0 aliphatic carbocycles. The number of carbonyl (C=O) groups is 2. The van der Waals surface area contributed by atoms with E-state index in [1.165, 1.54) is 9.80 Å². The fourth-order valence-electron chi connectivity index (χ4n) is 2.33. The van der Waals surface area contributed by atoms with E-state index in [9.17, 15) is 14.7 Å². The highest BCUT2D eigenvalue weighted by Gasteiger charge is 2.40. The number of anilines is 1. The number of amides is 2. The molecular formula is C14H18N2O4. The predicted octanol–water partition coefficient (Wildman–Crippen LogP) is 1.07. The van der Waals surface area contributed by atoms with Crippen LogP contribution in [0.2, 0.25) is 0 Å². The second kappa shape index (κ2) is 5.50. The third kappa shape index (κ3) is 2.75. The summed E-state index contributed by atoms with van der Waals surface area (Å²) in [6, 6.07) is 5.98. The van der Waals surface area contributed by atoms with E-state index in [1.54, 1.807) is 19.2 Å². The van der Waals surface area contributed by atoms with Crippen molar-refractivity contribution < 1.29 is 19.8 Å². The maximum Gasteiger partial charge on any atom is 0.326 e. The molecule has 0 aromatic heterocycles. The molecule has 0 unspecified atom stereocenters. The van der Waals surface area contributed by atoms with E-state index in [2.05, 4.69) is 0 Å². The largest absolute Gasteiger partial charge is 0.480 e. The standard InChI is InChI=1S/C14H18N2O4/c1-9-3-5-10(6-4-9)15(2)14(20)16-8-11(17)7-12(16)13(18)19/h3-6,11-12,17H,7-8H2,1-2H3,(H,18,19)/t11-,12-/m1/s1. The van der Waals surface area contributed by atoms with E-state index < -0.39 is 24.1 Å². The second-order valence-corrected chi connectivity index (χ2v) is 5.07. The van der Waals surface area contributed by atoms with Gasteiger partial charge in [0.05, 0.1) is 6.10 Å². The molecule has 1 saturated heterocycles. The summed E-state index contributed by atoms with van der Waals surface area (Å²) in [5, 5.41) is 18.7.